The minimum absolute atomic E-state index is 0.0617. The van der Waals surface area contributed by atoms with Crippen LogP contribution < -0.4 is 9.08 Å². The van der Waals surface area contributed by atoms with Crippen LogP contribution in [0.2, 0.25) is 0 Å². The predicted octanol–water partition coefficient (Wildman–Crippen LogP) is 2.57. The van der Waals surface area contributed by atoms with Gasteiger partial charge in [0.1, 0.15) is 16.5 Å². The van der Waals surface area contributed by atoms with Crippen molar-refractivity contribution in [3.05, 3.63) is 53.8 Å². The Morgan fingerprint density at radius 2 is 1.67 bits per heavy atom. The summed E-state index contributed by atoms with van der Waals surface area (Å²) >= 11 is 0. The van der Waals surface area contributed by atoms with Gasteiger partial charge < -0.3 is 14.0 Å². The average Bonchev–Trinajstić information content (AvgIpc) is 2.62. The Balaban J connectivity index is 1.70. The molecule has 8 heteroatoms. The predicted molar refractivity (Wildman–Crippen MR) is 99.9 cm³/mol. The monoisotopic (exact) mass is 392 g/mol. The fourth-order valence-corrected chi connectivity index (χ4v) is 4.20. The van der Waals surface area contributed by atoms with Crippen LogP contribution in [-0.4, -0.2) is 45.4 Å². The zero-order chi connectivity index (χ0) is 19.6. The maximum atomic E-state index is 13.2. The number of rotatable bonds is 4. The van der Waals surface area contributed by atoms with Crippen LogP contribution in [0.1, 0.15) is 12.5 Å². The molecule has 0 aliphatic carbocycles. The number of benzene rings is 2. The lowest BCUT2D eigenvalue weighted by Crippen LogP contribution is -2.48. The number of hydrogen-bond acceptors (Lipinski definition) is 5. The molecule has 27 heavy (non-hydrogen) atoms. The van der Waals surface area contributed by atoms with Crippen molar-refractivity contribution in [3.8, 4) is 5.75 Å². The van der Waals surface area contributed by atoms with Gasteiger partial charge in [0.15, 0.2) is 0 Å². The van der Waals surface area contributed by atoms with Gasteiger partial charge in [0.2, 0.25) is 5.91 Å². The second kappa shape index (κ2) is 7.56. The maximum Gasteiger partial charge on any atom is 0.339 e. The standard InChI is InChI=1S/C19H21FN2O4S/c1-14-13-16(20)3-8-19(14)27(24,25)26-18-6-4-17(5-7-18)22-11-9-21(10-12-22)15(2)23/h3-8,13H,9-12H2,1-2H3. The summed E-state index contributed by atoms with van der Waals surface area (Å²) in [7, 11) is -4.04. The highest BCUT2D eigenvalue weighted by Gasteiger charge is 2.21. The lowest BCUT2D eigenvalue weighted by Gasteiger charge is -2.35. The first kappa shape index (κ1) is 19.2. The van der Waals surface area contributed by atoms with Gasteiger partial charge >= 0.3 is 10.1 Å². The molecule has 1 aliphatic rings. The molecule has 0 radical (unpaired) electrons. The van der Waals surface area contributed by atoms with Crippen molar-refractivity contribution in [2.75, 3.05) is 31.1 Å². The summed E-state index contributed by atoms with van der Waals surface area (Å²) in [5.74, 6) is -0.245. The number of piperazine rings is 1. The van der Waals surface area contributed by atoms with Crippen molar-refractivity contribution in [3.63, 3.8) is 0 Å². The molecular weight excluding hydrogens is 371 g/mol. The molecular formula is C19H21FN2O4S. The third kappa shape index (κ3) is 4.39. The van der Waals surface area contributed by atoms with Gasteiger partial charge in [0.25, 0.3) is 0 Å². The Morgan fingerprint density at radius 1 is 1.04 bits per heavy atom. The second-order valence-electron chi connectivity index (χ2n) is 6.43. The Labute approximate surface area is 158 Å². The highest BCUT2D eigenvalue weighted by molar-refractivity contribution is 7.87. The summed E-state index contributed by atoms with van der Waals surface area (Å²) in [4.78, 5) is 15.3. The van der Waals surface area contributed by atoms with E-state index in [0.717, 1.165) is 17.8 Å². The topological polar surface area (TPSA) is 66.9 Å². The molecule has 0 unspecified atom stereocenters. The van der Waals surface area contributed by atoms with E-state index in [1.807, 2.05) is 0 Å². The third-order valence-electron chi connectivity index (χ3n) is 4.54. The Kier molecular flexibility index (Phi) is 5.36. The van der Waals surface area contributed by atoms with Crippen molar-refractivity contribution in [2.45, 2.75) is 18.7 Å². The number of halogens is 1. The summed E-state index contributed by atoms with van der Waals surface area (Å²) in [5.41, 5.74) is 1.22. The van der Waals surface area contributed by atoms with Gasteiger partial charge in [-0.25, -0.2) is 4.39 Å². The molecule has 1 saturated heterocycles. The average molecular weight is 392 g/mol. The molecule has 1 aliphatic heterocycles. The molecule has 0 N–H and O–H groups in total. The zero-order valence-electron chi connectivity index (χ0n) is 15.2. The van der Waals surface area contributed by atoms with E-state index in [4.69, 9.17) is 4.18 Å². The van der Waals surface area contributed by atoms with E-state index in [-0.39, 0.29) is 22.1 Å². The smallest absolute Gasteiger partial charge is 0.339 e. The fraction of sp³-hybridized carbons (Fsp3) is 0.316. The molecule has 0 saturated carbocycles. The molecule has 3 rings (SSSR count). The molecule has 1 amide bonds. The van der Waals surface area contributed by atoms with Crippen molar-refractivity contribution in [2.24, 2.45) is 0 Å². The highest BCUT2D eigenvalue weighted by Crippen LogP contribution is 2.25. The Hall–Kier alpha value is -2.61. The highest BCUT2D eigenvalue weighted by atomic mass is 32.2. The normalized spacial score (nSPS) is 14.9. The number of carbonyl (C=O) groups is 1. The number of carbonyl (C=O) groups excluding carboxylic acids is 1. The Morgan fingerprint density at radius 3 is 2.22 bits per heavy atom. The van der Waals surface area contributed by atoms with Crippen LogP contribution in [-0.2, 0) is 14.9 Å². The van der Waals surface area contributed by atoms with Crippen molar-refractivity contribution in [1.82, 2.24) is 4.90 Å². The first-order valence-corrected chi connectivity index (χ1v) is 9.98. The Bertz CT molecular complexity index is 937. The zero-order valence-corrected chi connectivity index (χ0v) is 16.0. The first-order chi connectivity index (χ1) is 12.8. The minimum Gasteiger partial charge on any atom is -0.379 e. The molecule has 0 spiro atoms. The van der Waals surface area contributed by atoms with Crippen molar-refractivity contribution < 1.29 is 21.8 Å². The van der Waals surface area contributed by atoms with Crippen LogP contribution in [0.15, 0.2) is 47.4 Å². The van der Waals surface area contributed by atoms with Crippen molar-refractivity contribution in [1.29, 1.82) is 0 Å². The van der Waals surface area contributed by atoms with E-state index in [0.29, 0.717) is 26.2 Å². The molecule has 0 atom stereocenters. The summed E-state index contributed by atoms with van der Waals surface area (Å²) in [6.45, 7) is 5.82. The second-order valence-corrected chi connectivity index (χ2v) is 7.95. The van der Waals surface area contributed by atoms with Crippen LogP contribution in [0, 0.1) is 12.7 Å². The van der Waals surface area contributed by atoms with Gasteiger partial charge in [-0.2, -0.15) is 8.42 Å². The molecule has 2 aromatic rings. The van der Waals surface area contributed by atoms with Gasteiger partial charge in [0.05, 0.1) is 0 Å². The minimum atomic E-state index is -4.04. The van der Waals surface area contributed by atoms with Gasteiger partial charge in [0, 0.05) is 38.8 Å². The fourth-order valence-electron chi connectivity index (χ4n) is 3.06. The number of aryl methyl sites for hydroxylation is 1. The van der Waals surface area contributed by atoms with E-state index >= 15 is 0 Å². The van der Waals surface area contributed by atoms with Gasteiger partial charge in [-0.3, -0.25) is 4.79 Å². The SMILES string of the molecule is CC(=O)N1CCN(c2ccc(OS(=O)(=O)c3ccc(F)cc3C)cc2)CC1. The van der Waals surface area contributed by atoms with Crippen LogP contribution in [0.25, 0.3) is 0 Å². The lowest BCUT2D eigenvalue weighted by molar-refractivity contribution is -0.129. The van der Waals surface area contributed by atoms with Gasteiger partial charge in [-0.15, -0.1) is 0 Å². The number of nitrogens with zero attached hydrogens (tertiary/aromatic N) is 2. The van der Waals surface area contributed by atoms with E-state index in [9.17, 15) is 17.6 Å². The van der Waals surface area contributed by atoms with Crippen LogP contribution in [0.3, 0.4) is 0 Å². The molecule has 1 heterocycles. The van der Waals surface area contributed by atoms with E-state index < -0.39 is 15.9 Å². The molecule has 6 nitrogen and oxygen atoms in total. The number of amides is 1. The molecule has 0 aromatic heterocycles. The summed E-state index contributed by atoms with van der Waals surface area (Å²) in [6.07, 6.45) is 0. The maximum absolute atomic E-state index is 13.2. The van der Waals surface area contributed by atoms with Crippen molar-refractivity contribution >= 4 is 21.7 Å². The number of anilines is 1. The first-order valence-electron chi connectivity index (χ1n) is 8.57. The van der Waals surface area contributed by atoms with Crippen LogP contribution in [0.4, 0.5) is 10.1 Å². The van der Waals surface area contributed by atoms with E-state index in [2.05, 4.69) is 4.90 Å². The molecule has 1 fully saturated rings. The largest absolute Gasteiger partial charge is 0.379 e. The van der Waals surface area contributed by atoms with Crippen LogP contribution in [0.5, 0.6) is 5.75 Å². The van der Waals surface area contributed by atoms with E-state index in [1.54, 1.807) is 36.1 Å². The molecule has 144 valence electrons. The summed E-state index contributed by atoms with van der Waals surface area (Å²) in [6, 6.07) is 10.2. The number of hydrogen-bond donors (Lipinski definition) is 0. The van der Waals surface area contributed by atoms with Gasteiger partial charge in [-0.1, -0.05) is 0 Å². The quantitative estimate of drug-likeness (QED) is 0.748. The van der Waals surface area contributed by atoms with E-state index in [1.165, 1.54) is 13.0 Å². The molecule has 2 aromatic carbocycles. The summed E-state index contributed by atoms with van der Waals surface area (Å²) < 4.78 is 43.2. The lowest BCUT2D eigenvalue weighted by atomic mass is 10.2. The van der Waals surface area contributed by atoms with Crippen LogP contribution >= 0.6 is 0 Å². The summed E-state index contributed by atoms with van der Waals surface area (Å²) in [5, 5.41) is 0. The third-order valence-corrected chi connectivity index (χ3v) is 5.95. The molecule has 0 bridgehead atoms. The van der Waals surface area contributed by atoms with Gasteiger partial charge in [-0.05, 0) is 55.0 Å².